The van der Waals surface area contributed by atoms with Crippen LogP contribution in [0.4, 0.5) is 0 Å². The maximum Gasteiger partial charge on any atom is 0.253 e. The highest BCUT2D eigenvalue weighted by Gasteiger charge is 2.32. The highest BCUT2D eigenvalue weighted by atomic mass is 35.5. The third kappa shape index (κ3) is 4.66. The Hall–Kier alpha value is -2.08. The van der Waals surface area contributed by atoms with Gasteiger partial charge in [-0.25, -0.2) is 0 Å². The summed E-state index contributed by atoms with van der Waals surface area (Å²) in [5, 5.41) is 0.682. The molecule has 148 valence electrons. The summed E-state index contributed by atoms with van der Waals surface area (Å²) in [6.07, 6.45) is 1.71. The first-order valence-corrected chi connectivity index (χ1v) is 10.1. The van der Waals surface area contributed by atoms with E-state index in [4.69, 9.17) is 25.8 Å². The Morgan fingerprint density at radius 1 is 1.07 bits per heavy atom. The van der Waals surface area contributed by atoms with E-state index in [1.807, 2.05) is 53.4 Å². The zero-order valence-corrected chi connectivity index (χ0v) is 16.4. The summed E-state index contributed by atoms with van der Waals surface area (Å²) in [5.41, 5.74) is 1.64. The quantitative estimate of drug-likeness (QED) is 0.755. The lowest BCUT2D eigenvalue weighted by atomic mass is 9.95. The Morgan fingerprint density at radius 3 is 2.57 bits per heavy atom. The minimum absolute atomic E-state index is 0.0416. The molecule has 2 heterocycles. The fraction of sp³-hybridized carbons (Fsp3) is 0.409. The van der Waals surface area contributed by atoms with Gasteiger partial charge in [0.2, 0.25) is 0 Å². The molecule has 2 aromatic rings. The second kappa shape index (κ2) is 8.95. The van der Waals surface area contributed by atoms with E-state index in [2.05, 4.69) is 0 Å². The van der Waals surface area contributed by atoms with E-state index >= 15 is 0 Å². The summed E-state index contributed by atoms with van der Waals surface area (Å²) in [6.45, 7) is 3.20. The van der Waals surface area contributed by atoms with Crippen LogP contribution in [0, 0.1) is 5.92 Å². The standard InChI is InChI=1S/C22H24ClNO4/c23-19-5-1-3-16(13-19)15-28-20-6-2-4-18(14-20)21(25)24-9-7-17(8-10-24)22-26-11-12-27-22/h1-6,13-14,17,22H,7-12,15H2. The number of ether oxygens (including phenoxy) is 3. The van der Waals surface area contributed by atoms with Gasteiger partial charge >= 0.3 is 0 Å². The number of hydrogen-bond acceptors (Lipinski definition) is 4. The fourth-order valence-electron chi connectivity index (χ4n) is 3.72. The predicted octanol–water partition coefficient (Wildman–Crippen LogP) is 4.14. The van der Waals surface area contributed by atoms with Gasteiger partial charge in [0.25, 0.3) is 5.91 Å². The topological polar surface area (TPSA) is 48.0 Å². The van der Waals surface area contributed by atoms with Gasteiger partial charge in [0.05, 0.1) is 13.2 Å². The van der Waals surface area contributed by atoms with Crippen molar-refractivity contribution < 1.29 is 19.0 Å². The number of amides is 1. The molecule has 2 fully saturated rings. The minimum atomic E-state index is -0.0968. The van der Waals surface area contributed by atoms with Crippen molar-refractivity contribution in [1.29, 1.82) is 0 Å². The SMILES string of the molecule is O=C(c1cccc(OCc2cccc(Cl)c2)c1)N1CCC(C2OCCO2)CC1. The Kier molecular flexibility index (Phi) is 6.15. The maximum atomic E-state index is 12.9. The summed E-state index contributed by atoms with van der Waals surface area (Å²) in [6, 6.07) is 14.9. The molecule has 2 saturated heterocycles. The number of rotatable bonds is 5. The fourth-order valence-corrected chi connectivity index (χ4v) is 3.93. The molecule has 0 N–H and O–H groups in total. The molecule has 0 bridgehead atoms. The third-order valence-corrected chi connectivity index (χ3v) is 5.47. The van der Waals surface area contributed by atoms with Crippen LogP contribution in [0.25, 0.3) is 0 Å². The van der Waals surface area contributed by atoms with Crippen LogP contribution in [0.2, 0.25) is 5.02 Å². The number of nitrogens with zero attached hydrogens (tertiary/aromatic N) is 1. The number of benzene rings is 2. The van der Waals surface area contributed by atoms with Crippen LogP contribution in [-0.4, -0.2) is 43.4 Å². The summed E-state index contributed by atoms with van der Waals surface area (Å²) in [4.78, 5) is 14.8. The average molecular weight is 402 g/mol. The van der Waals surface area contributed by atoms with Crippen LogP contribution in [0.3, 0.4) is 0 Å². The van der Waals surface area contributed by atoms with Crippen molar-refractivity contribution in [2.45, 2.75) is 25.7 Å². The van der Waals surface area contributed by atoms with Gasteiger partial charge < -0.3 is 19.1 Å². The molecule has 2 aliphatic rings. The molecule has 28 heavy (non-hydrogen) atoms. The molecule has 0 aromatic heterocycles. The van der Waals surface area contributed by atoms with E-state index in [0.29, 0.717) is 42.1 Å². The largest absolute Gasteiger partial charge is 0.489 e. The second-order valence-electron chi connectivity index (χ2n) is 7.19. The second-order valence-corrected chi connectivity index (χ2v) is 7.62. The van der Waals surface area contributed by atoms with Gasteiger partial charge in [-0.15, -0.1) is 0 Å². The lowest BCUT2D eigenvalue weighted by molar-refractivity contribution is -0.0956. The van der Waals surface area contributed by atoms with Crippen LogP contribution in [0.1, 0.15) is 28.8 Å². The molecule has 5 nitrogen and oxygen atoms in total. The highest BCUT2D eigenvalue weighted by Crippen LogP contribution is 2.27. The number of carbonyl (C=O) groups is 1. The molecule has 0 radical (unpaired) electrons. The van der Waals surface area contributed by atoms with Crippen molar-refractivity contribution >= 4 is 17.5 Å². The van der Waals surface area contributed by atoms with Gasteiger partial charge in [0.15, 0.2) is 6.29 Å². The van der Waals surface area contributed by atoms with E-state index in [1.54, 1.807) is 0 Å². The van der Waals surface area contributed by atoms with Crippen molar-refractivity contribution in [3.8, 4) is 5.75 Å². The Balaban J connectivity index is 1.34. The van der Waals surface area contributed by atoms with E-state index in [1.165, 1.54) is 0 Å². The summed E-state index contributed by atoms with van der Waals surface area (Å²) >= 11 is 6.01. The maximum absolute atomic E-state index is 12.9. The molecule has 1 amide bonds. The van der Waals surface area contributed by atoms with E-state index in [0.717, 1.165) is 31.5 Å². The highest BCUT2D eigenvalue weighted by molar-refractivity contribution is 6.30. The molecule has 2 aliphatic heterocycles. The molecule has 0 aliphatic carbocycles. The first-order chi connectivity index (χ1) is 13.7. The molecule has 2 aromatic carbocycles. The number of likely N-dealkylation sites (tertiary alicyclic amines) is 1. The Labute approximate surface area is 170 Å². The molecule has 0 spiro atoms. The number of carbonyl (C=O) groups excluding carboxylic acids is 1. The monoisotopic (exact) mass is 401 g/mol. The summed E-state index contributed by atoms with van der Waals surface area (Å²) < 4.78 is 17.1. The average Bonchev–Trinajstić information content (AvgIpc) is 3.27. The lowest BCUT2D eigenvalue weighted by Crippen LogP contribution is -2.41. The van der Waals surface area contributed by atoms with Gasteiger partial charge in [0.1, 0.15) is 12.4 Å². The van der Waals surface area contributed by atoms with Crippen molar-refractivity contribution in [2.75, 3.05) is 26.3 Å². The molecular weight excluding hydrogens is 378 g/mol. The minimum Gasteiger partial charge on any atom is -0.489 e. The van der Waals surface area contributed by atoms with Crippen molar-refractivity contribution in [3.05, 3.63) is 64.7 Å². The third-order valence-electron chi connectivity index (χ3n) is 5.23. The van der Waals surface area contributed by atoms with Crippen LogP contribution < -0.4 is 4.74 Å². The van der Waals surface area contributed by atoms with Gasteiger partial charge in [-0.05, 0) is 48.7 Å². The number of hydrogen-bond donors (Lipinski definition) is 0. The zero-order valence-electron chi connectivity index (χ0n) is 15.7. The van der Waals surface area contributed by atoms with Crippen molar-refractivity contribution in [1.82, 2.24) is 4.90 Å². The number of piperidine rings is 1. The molecular formula is C22H24ClNO4. The van der Waals surface area contributed by atoms with Gasteiger partial charge in [-0.1, -0.05) is 29.8 Å². The summed E-state index contributed by atoms with van der Waals surface area (Å²) in [7, 11) is 0. The van der Waals surface area contributed by atoms with Crippen LogP contribution in [0.5, 0.6) is 5.75 Å². The molecule has 0 unspecified atom stereocenters. The van der Waals surface area contributed by atoms with E-state index in [-0.39, 0.29) is 12.2 Å². The normalized spacial score (nSPS) is 18.4. The van der Waals surface area contributed by atoms with Crippen LogP contribution in [0.15, 0.2) is 48.5 Å². The molecule has 0 atom stereocenters. The van der Waals surface area contributed by atoms with E-state index < -0.39 is 0 Å². The van der Waals surface area contributed by atoms with Crippen molar-refractivity contribution in [2.24, 2.45) is 5.92 Å². The smallest absolute Gasteiger partial charge is 0.253 e. The van der Waals surface area contributed by atoms with Crippen LogP contribution in [-0.2, 0) is 16.1 Å². The van der Waals surface area contributed by atoms with Gasteiger partial charge in [-0.2, -0.15) is 0 Å². The molecule has 4 rings (SSSR count). The first kappa shape index (κ1) is 19.2. The number of halogens is 1. The molecule has 0 saturated carbocycles. The zero-order chi connectivity index (χ0) is 19.3. The Morgan fingerprint density at radius 2 is 1.82 bits per heavy atom. The lowest BCUT2D eigenvalue weighted by Gasteiger charge is -2.34. The van der Waals surface area contributed by atoms with Gasteiger partial charge in [0, 0.05) is 29.6 Å². The van der Waals surface area contributed by atoms with Crippen LogP contribution >= 0.6 is 11.6 Å². The summed E-state index contributed by atoms with van der Waals surface area (Å²) in [5.74, 6) is 1.09. The Bertz CT molecular complexity index is 814. The van der Waals surface area contributed by atoms with E-state index in [9.17, 15) is 4.79 Å². The molecule has 6 heteroatoms. The van der Waals surface area contributed by atoms with Gasteiger partial charge in [-0.3, -0.25) is 4.79 Å². The predicted molar refractivity (Wildman–Crippen MR) is 107 cm³/mol. The first-order valence-electron chi connectivity index (χ1n) is 9.69. The van der Waals surface area contributed by atoms with Crippen molar-refractivity contribution in [3.63, 3.8) is 0 Å².